The second-order valence-electron chi connectivity index (χ2n) is 5.57. The highest BCUT2D eigenvalue weighted by atomic mass is 16.3. The van der Waals surface area contributed by atoms with Crippen LogP contribution in [0.25, 0.3) is 0 Å². The standard InChI is InChI=1S/C18H19NO2/c1-12-6-5-8-14(13(12)2)18(21)19-11-10-17(20)15-7-3-4-9-16(15)19/h3-9,17,20H,10-11H2,1-2H3. The second kappa shape index (κ2) is 5.34. The molecule has 0 saturated carbocycles. The topological polar surface area (TPSA) is 40.5 Å². The van der Waals surface area contributed by atoms with E-state index in [2.05, 4.69) is 0 Å². The van der Waals surface area contributed by atoms with Crippen molar-refractivity contribution < 1.29 is 9.90 Å². The lowest BCUT2D eigenvalue weighted by atomic mass is 9.96. The number of fused-ring (bicyclic) bond motifs is 1. The van der Waals surface area contributed by atoms with Crippen LogP contribution in [-0.2, 0) is 0 Å². The van der Waals surface area contributed by atoms with Gasteiger partial charge in [0.1, 0.15) is 0 Å². The van der Waals surface area contributed by atoms with E-state index in [1.807, 2.05) is 56.3 Å². The fourth-order valence-corrected chi connectivity index (χ4v) is 2.88. The molecule has 0 fully saturated rings. The zero-order valence-electron chi connectivity index (χ0n) is 12.3. The van der Waals surface area contributed by atoms with Crippen LogP contribution in [0.4, 0.5) is 5.69 Å². The van der Waals surface area contributed by atoms with Crippen molar-refractivity contribution in [2.75, 3.05) is 11.4 Å². The first-order chi connectivity index (χ1) is 10.1. The van der Waals surface area contributed by atoms with Crippen molar-refractivity contribution in [3.8, 4) is 0 Å². The highest BCUT2D eigenvalue weighted by Gasteiger charge is 2.28. The molecule has 0 bridgehead atoms. The van der Waals surface area contributed by atoms with Gasteiger partial charge in [-0.25, -0.2) is 0 Å². The molecule has 1 N–H and O–H groups in total. The summed E-state index contributed by atoms with van der Waals surface area (Å²) in [4.78, 5) is 14.7. The van der Waals surface area contributed by atoms with Gasteiger partial charge in [-0.2, -0.15) is 0 Å². The molecule has 0 saturated heterocycles. The predicted octanol–water partition coefficient (Wildman–Crippen LogP) is 3.39. The van der Waals surface area contributed by atoms with Gasteiger partial charge in [0.15, 0.2) is 0 Å². The number of aryl methyl sites for hydroxylation is 1. The molecule has 0 aliphatic carbocycles. The van der Waals surface area contributed by atoms with Gasteiger partial charge in [-0.15, -0.1) is 0 Å². The molecule has 1 aliphatic heterocycles. The van der Waals surface area contributed by atoms with Crippen LogP contribution in [0.5, 0.6) is 0 Å². The van der Waals surface area contributed by atoms with Crippen LogP contribution in [0, 0.1) is 13.8 Å². The maximum atomic E-state index is 12.9. The number of carbonyl (C=O) groups excluding carboxylic acids is 1. The van der Waals surface area contributed by atoms with Gasteiger partial charge in [-0.05, 0) is 43.5 Å². The van der Waals surface area contributed by atoms with Crippen molar-refractivity contribution in [1.82, 2.24) is 0 Å². The van der Waals surface area contributed by atoms with E-state index in [-0.39, 0.29) is 5.91 Å². The van der Waals surface area contributed by atoms with E-state index in [1.165, 1.54) is 0 Å². The van der Waals surface area contributed by atoms with Crippen LogP contribution in [-0.4, -0.2) is 17.6 Å². The lowest BCUT2D eigenvalue weighted by Gasteiger charge is -2.32. The van der Waals surface area contributed by atoms with Crippen LogP contribution in [0.2, 0.25) is 0 Å². The summed E-state index contributed by atoms with van der Waals surface area (Å²) < 4.78 is 0. The van der Waals surface area contributed by atoms with Crippen molar-refractivity contribution >= 4 is 11.6 Å². The number of para-hydroxylation sites is 1. The van der Waals surface area contributed by atoms with Gasteiger partial charge in [0, 0.05) is 23.4 Å². The van der Waals surface area contributed by atoms with Crippen molar-refractivity contribution in [2.24, 2.45) is 0 Å². The number of aliphatic hydroxyl groups excluding tert-OH is 1. The number of hydrogen-bond acceptors (Lipinski definition) is 2. The molecule has 2 aromatic rings. The van der Waals surface area contributed by atoms with E-state index in [1.54, 1.807) is 4.90 Å². The Hall–Kier alpha value is -2.13. The minimum atomic E-state index is -0.483. The molecule has 1 unspecified atom stereocenters. The summed E-state index contributed by atoms with van der Waals surface area (Å²) in [6.45, 7) is 4.54. The van der Waals surface area contributed by atoms with E-state index in [9.17, 15) is 9.90 Å². The molecule has 0 aromatic heterocycles. The van der Waals surface area contributed by atoms with Gasteiger partial charge in [0.2, 0.25) is 0 Å². The van der Waals surface area contributed by atoms with Gasteiger partial charge in [-0.3, -0.25) is 4.79 Å². The third-order valence-electron chi connectivity index (χ3n) is 4.29. The van der Waals surface area contributed by atoms with Gasteiger partial charge in [0.25, 0.3) is 5.91 Å². The maximum absolute atomic E-state index is 12.9. The monoisotopic (exact) mass is 281 g/mol. The highest BCUT2D eigenvalue weighted by Crippen LogP contribution is 2.34. The Morgan fingerprint density at radius 1 is 1.14 bits per heavy atom. The second-order valence-corrected chi connectivity index (χ2v) is 5.57. The lowest BCUT2D eigenvalue weighted by Crippen LogP contribution is -2.37. The summed E-state index contributed by atoms with van der Waals surface area (Å²) in [5.74, 6) is 0.00977. The number of amides is 1. The number of carbonyl (C=O) groups is 1. The summed E-state index contributed by atoms with van der Waals surface area (Å²) in [5, 5.41) is 10.1. The van der Waals surface area contributed by atoms with Crippen LogP contribution in [0.3, 0.4) is 0 Å². The van der Waals surface area contributed by atoms with Gasteiger partial charge >= 0.3 is 0 Å². The van der Waals surface area contributed by atoms with Crippen LogP contribution < -0.4 is 4.90 Å². The van der Waals surface area contributed by atoms with Crippen LogP contribution in [0.1, 0.15) is 39.6 Å². The summed E-state index contributed by atoms with van der Waals surface area (Å²) in [6, 6.07) is 13.4. The van der Waals surface area contributed by atoms with E-state index >= 15 is 0 Å². The van der Waals surface area contributed by atoms with E-state index < -0.39 is 6.10 Å². The molecule has 108 valence electrons. The Balaban J connectivity index is 2.03. The smallest absolute Gasteiger partial charge is 0.258 e. The molecule has 2 aromatic carbocycles. The zero-order valence-corrected chi connectivity index (χ0v) is 12.3. The Morgan fingerprint density at radius 3 is 2.71 bits per heavy atom. The molecule has 1 heterocycles. The Bertz CT molecular complexity index is 693. The molecule has 21 heavy (non-hydrogen) atoms. The highest BCUT2D eigenvalue weighted by molar-refractivity contribution is 6.07. The fraction of sp³-hybridized carbons (Fsp3) is 0.278. The zero-order chi connectivity index (χ0) is 15.0. The van der Waals surface area contributed by atoms with Gasteiger partial charge in [-0.1, -0.05) is 30.3 Å². The Kier molecular flexibility index (Phi) is 3.52. The molecule has 0 spiro atoms. The minimum absolute atomic E-state index is 0.00977. The fourth-order valence-electron chi connectivity index (χ4n) is 2.88. The maximum Gasteiger partial charge on any atom is 0.258 e. The average Bonchev–Trinajstić information content (AvgIpc) is 2.50. The third kappa shape index (κ3) is 2.34. The van der Waals surface area contributed by atoms with E-state index in [0.717, 1.165) is 27.9 Å². The van der Waals surface area contributed by atoms with Crippen LogP contribution in [0.15, 0.2) is 42.5 Å². The largest absolute Gasteiger partial charge is 0.388 e. The molecule has 1 atom stereocenters. The number of nitrogens with zero attached hydrogens (tertiary/aromatic N) is 1. The number of anilines is 1. The molecule has 3 rings (SSSR count). The summed E-state index contributed by atoms with van der Waals surface area (Å²) in [7, 11) is 0. The molecule has 1 amide bonds. The Labute approximate surface area is 124 Å². The summed E-state index contributed by atoms with van der Waals surface area (Å²) >= 11 is 0. The van der Waals surface area contributed by atoms with Crippen molar-refractivity contribution in [2.45, 2.75) is 26.4 Å². The quantitative estimate of drug-likeness (QED) is 0.870. The SMILES string of the molecule is Cc1cccc(C(=O)N2CCC(O)c3ccccc32)c1C. The molecule has 0 radical (unpaired) electrons. The predicted molar refractivity (Wildman–Crippen MR) is 83.6 cm³/mol. The lowest BCUT2D eigenvalue weighted by molar-refractivity contribution is 0.0970. The molecule has 3 nitrogen and oxygen atoms in total. The number of hydrogen-bond donors (Lipinski definition) is 1. The Morgan fingerprint density at radius 2 is 1.90 bits per heavy atom. The third-order valence-corrected chi connectivity index (χ3v) is 4.29. The van der Waals surface area contributed by atoms with E-state index in [4.69, 9.17) is 0 Å². The first-order valence-corrected chi connectivity index (χ1v) is 7.24. The van der Waals surface area contributed by atoms with Crippen molar-refractivity contribution in [3.63, 3.8) is 0 Å². The summed E-state index contributed by atoms with van der Waals surface area (Å²) in [6.07, 6.45) is 0.0945. The minimum Gasteiger partial charge on any atom is -0.388 e. The first-order valence-electron chi connectivity index (χ1n) is 7.24. The molecule has 1 aliphatic rings. The van der Waals surface area contributed by atoms with Gasteiger partial charge < -0.3 is 10.0 Å². The van der Waals surface area contributed by atoms with Crippen molar-refractivity contribution in [1.29, 1.82) is 0 Å². The van der Waals surface area contributed by atoms with E-state index in [0.29, 0.717) is 13.0 Å². The van der Waals surface area contributed by atoms with Crippen molar-refractivity contribution in [3.05, 3.63) is 64.7 Å². The molecule has 3 heteroatoms. The molecular formula is C18H19NO2. The molecular weight excluding hydrogens is 262 g/mol. The van der Waals surface area contributed by atoms with Gasteiger partial charge in [0.05, 0.1) is 6.10 Å². The number of rotatable bonds is 1. The van der Waals surface area contributed by atoms with Crippen LogP contribution >= 0.6 is 0 Å². The number of benzene rings is 2. The normalized spacial score (nSPS) is 17.5. The number of aliphatic hydroxyl groups is 1. The first kappa shape index (κ1) is 13.8. The summed E-state index contributed by atoms with van der Waals surface area (Å²) in [5.41, 5.74) is 4.53. The average molecular weight is 281 g/mol.